The van der Waals surface area contributed by atoms with E-state index in [1.807, 2.05) is 6.07 Å². The molecular formula is C16H13N3O3. The van der Waals surface area contributed by atoms with E-state index in [0.717, 1.165) is 5.56 Å². The summed E-state index contributed by atoms with van der Waals surface area (Å²) in [4.78, 5) is 22.4. The largest absolute Gasteiger partial charge is 0.348 e. The second-order valence-electron chi connectivity index (χ2n) is 4.75. The first kappa shape index (κ1) is 15.2. The molecular weight excluding hydrogens is 282 g/mol. The molecule has 0 saturated heterocycles. The smallest absolute Gasteiger partial charge is 0.273 e. The fourth-order valence-electron chi connectivity index (χ4n) is 1.93. The van der Waals surface area contributed by atoms with Gasteiger partial charge < -0.3 is 5.32 Å². The molecule has 0 bridgehead atoms. The second kappa shape index (κ2) is 6.50. The lowest BCUT2D eigenvalue weighted by molar-refractivity contribution is -0.385. The number of carbonyl (C=O) groups excluding carboxylic acids is 1. The van der Waals surface area contributed by atoms with Crippen molar-refractivity contribution in [2.45, 2.75) is 13.5 Å². The molecule has 0 atom stereocenters. The summed E-state index contributed by atoms with van der Waals surface area (Å²) in [6.45, 7) is 1.91. The Bertz CT molecular complexity index is 761. The normalized spacial score (nSPS) is 9.82. The standard InChI is InChI=1S/C16H13N3O3/c1-11-2-7-14(8-15(11)19(21)22)16(20)18-10-13-5-3-12(9-17)4-6-13/h2-8H,10H2,1H3,(H,18,20). The molecule has 0 heterocycles. The van der Waals surface area contributed by atoms with Gasteiger partial charge in [0.25, 0.3) is 11.6 Å². The summed E-state index contributed by atoms with van der Waals surface area (Å²) in [6, 6.07) is 13.2. The molecule has 1 N–H and O–H groups in total. The maximum absolute atomic E-state index is 12.0. The Morgan fingerprint density at radius 2 is 1.95 bits per heavy atom. The van der Waals surface area contributed by atoms with Crippen molar-refractivity contribution in [3.63, 3.8) is 0 Å². The molecule has 0 radical (unpaired) electrons. The van der Waals surface area contributed by atoms with Gasteiger partial charge in [0, 0.05) is 23.7 Å². The predicted octanol–water partition coefficient (Wildman–Crippen LogP) is 2.70. The Morgan fingerprint density at radius 1 is 1.27 bits per heavy atom. The van der Waals surface area contributed by atoms with Crippen molar-refractivity contribution in [3.05, 3.63) is 74.8 Å². The maximum atomic E-state index is 12.0. The highest BCUT2D eigenvalue weighted by Crippen LogP contribution is 2.19. The van der Waals surface area contributed by atoms with Crippen LogP contribution in [0.4, 0.5) is 5.69 Å². The lowest BCUT2D eigenvalue weighted by Gasteiger charge is -2.06. The first-order chi connectivity index (χ1) is 10.5. The van der Waals surface area contributed by atoms with Crippen LogP contribution in [0.2, 0.25) is 0 Å². The molecule has 0 unspecified atom stereocenters. The summed E-state index contributed by atoms with van der Waals surface area (Å²) in [6.07, 6.45) is 0. The summed E-state index contributed by atoms with van der Waals surface area (Å²) >= 11 is 0. The molecule has 22 heavy (non-hydrogen) atoms. The van der Waals surface area contributed by atoms with Gasteiger partial charge in [0.1, 0.15) is 0 Å². The van der Waals surface area contributed by atoms with Gasteiger partial charge in [0.05, 0.1) is 16.6 Å². The maximum Gasteiger partial charge on any atom is 0.273 e. The van der Waals surface area contributed by atoms with Crippen LogP contribution in [-0.2, 0) is 6.54 Å². The van der Waals surface area contributed by atoms with E-state index in [4.69, 9.17) is 5.26 Å². The van der Waals surface area contributed by atoms with Crippen LogP contribution in [0.15, 0.2) is 42.5 Å². The van der Waals surface area contributed by atoms with E-state index in [9.17, 15) is 14.9 Å². The molecule has 2 rings (SSSR count). The third-order valence-electron chi connectivity index (χ3n) is 3.20. The number of hydrogen-bond donors (Lipinski definition) is 1. The lowest BCUT2D eigenvalue weighted by Crippen LogP contribution is -2.22. The fourth-order valence-corrected chi connectivity index (χ4v) is 1.93. The minimum atomic E-state index is -0.507. The van der Waals surface area contributed by atoms with Gasteiger partial charge in [-0.25, -0.2) is 0 Å². The van der Waals surface area contributed by atoms with Crippen molar-refractivity contribution in [2.75, 3.05) is 0 Å². The number of amides is 1. The van der Waals surface area contributed by atoms with Crippen LogP contribution >= 0.6 is 0 Å². The van der Waals surface area contributed by atoms with E-state index in [2.05, 4.69) is 5.32 Å². The van der Waals surface area contributed by atoms with E-state index >= 15 is 0 Å². The summed E-state index contributed by atoms with van der Waals surface area (Å²) in [5, 5.41) is 22.3. The molecule has 1 amide bonds. The molecule has 6 heteroatoms. The van der Waals surface area contributed by atoms with Gasteiger partial charge in [-0.15, -0.1) is 0 Å². The highest BCUT2D eigenvalue weighted by Gasteiger charge is 2.14. The number of carbonyl (C=O) groups is 1. The molecule has 2 aromatic rings. The monoisotopic (exact) mass is 295 g/mol. The number of nitro groups is 1. The average molecular weight is 295 g/mol. The van der Waals surface area contributed by atoms with Crippen molar-refractivity contribution >= 4 is 11.6 Å². The Labute approximate surface area is 127 Å². The van der Waals surface area contributed by atoms with E-state index in [1.165, 1.54) is 6.07 Å². The summed E-state index contributed by atoms with van der Waals surface area (Å²) in [5.41, 5.74) is 2.06. The fraction of sp³-hybridized carbons (Fsp3) is 0.125. The van der Waals surface area contributed by atoms with Gasteiger partial charge in [-0.3, -0.25) is 14.9 Å². The molecule has 0 fully saturated rings. The first-order valence-electron chi connectivity index (χ1n) is 6.53. The third-order valence-corrected chi connectivity index (χ3v) is 3.20. The van der Waals surface area contributed by atoms with E-state index in [0.29, 0.717) is 11.1 Å². The molecule has 0 saturated carbocycles. The molecule has 0 spiro atoms. The Balaban J connectivity index is 2.07. The van der Waals surface area contributed by atoms with Crippen molar-refractivity contribution in [2.24, 2.45) is 0 Å². The van der Waals surface area contributed by atoms with E-state index < -0.39 is 4.92 Å². The van der Waals surface area contributed by atoms with Crippen molar-refractivity contribution in [3.8, 4) is 6.07 Å². The molecule has 0 aliphatic carbocycles. The van der Waals surface area contributed by atoms with E-state index in [1.54, 1.807) is 43.3 Å². The number of benzene rings is 2. The molecule has 0 aliphatic rings. The van der Waals surface area contributed by atoms with E-state index in [-0.39, 0.29) is 23.7 Å². The van der Waals surface area contributed by atoms with Gasteiger partial charge in [-0.1, -0.05) is 18.2 Å². The number of nitrogens with one attached hydrogen (secondary N) is 1. The molecule has 6 nitrogen and oxygen atoms in total. The average Bonchev–Trinajstić information content (AvgIpc) is 2.53. The van der Waals surface area contributed by atoms with Crippen LogP contribution in [0, 0.1) is 28.4 Å². The van der Waals surface area contributed by atoms with Crippen LogP contribution in [0.3, 0.4) is 0 Å². The Kier molecular flexibility index (Phi) is 4.49. The van der Waals surface area contributed by atoms with Crippen molar-refractivity contribution in [1.82, 2.24) is 5.32 Å². The minimum Gasteiger partial charge on any atom is -0.348 e. The number of nitrogens with zero attached hydrogens (tertiary/aromatic N) is 2. The number of nitro benzene ring substituents is 1. The topological polar surface area (TPSA) is 96.0 Å². The van der Waals surface area contributed by atoms with Crippen LogP contribution in [0.25, 0.3) is 0 Å². The van der Waals surface area contributed by atoms with Crippen LogP contribution in [0.1, 0.15) is 27.0 Å². The quantitative estimate of drug-likeness (QED) is 0.692. The van der Waals surface area contributed by atoms with Crippen LogP contribution in [0.5, 0.6) is 0 Å². The van der Waals surface area contributed by atoms with Crippen molar-refractivity contribution in [1.29, 1.82) is 5.26 Å². The van der Waals surface area contributed by atoms with Crippen LogP contribution < -0.4 is 5.32 Å². The Morgan fingerprint density at radius 3 is 2.55 bits per heavy atom. The third kappa shape index (κ3) is 3.46. The molecule has 0 aromatic heterocycles. The zero-order chi connectivity index (χ0) is 16.1. The Hall–Kier alpha value is -3.20. The van der Waals surface area contributed by atoms with Gasteiger partial charge >= 0.3 is 0 Å². The number of rotatable bonds is 4. The zero-order valence-electron chi connectivity index (χ0n) is 11.9. The molecule has 0 aliphatic heterocycles. The number of nitriles is 1. The summed E-state index contributed by atoms with van der Waals surface area (Å²) in [5.74, 6) is -0.382. The SMILES string of the molecule is Cc1ccc(C(=O)NCc2ccc(C#N)cc2)cc1[N+](=O)[O-]. The predicted molar refractivity (Wildman–Crippen MR) is 80.2 cm³/mol. The number of aryl methyl sites for hydroxylation is 1. The first-order valence-corrected chi connectivity index (χ1v) is 6.53. The van der Waals surface area contributed by atoms with Gasteiger partial charge in [0.2, 0.25) is 0 Å². The number of hydrogen-bond acceptors (Lipinski definition) is 4. The van der Waals surface area contributed by atoms with Gasteiger partial charge in [-0.2, -0.15) is 5.26 Å². The van der Waals surface area contributed by atoms with Crippen molar-refractivity contribution < 1.29 is 9.72 Å². The molecule has 2 aromatic carbocycles. The van der Waals surface area contributed by atoms with Gasteiger partial charge in [0.15, 0.2) is 0 Å². The lowest BCUT2D eigenvalue weighted by atomic mass is 10.1. The van der Waals surface area contributed by atoms with Gasteiger partial charge in [-0.05, 0) is 30.7 Å². The summed E-state index contributed by atoms with van der Waals surface area (Å²) in [7, 11) is 0. The zero-order valence-corrected chi connectivity index (χ0v) is 11.9. The molecule has 110 valence electrons. The minimum absolute atomic E-state index is 0.0778. The second-order valence-corrected chi connectivity index (χ2v) is 4.75. The highest BCUT2D eigenvalue weighted by molar-refractivity contribution is 5.94. The summed E-state index contributed by atoms with van der Waals surface area (Å²) < 4.78 is 0. The van der Waals surface area contributed by atoms with Crippen LogP contribution in [-0.4, -0.2) is 10.8 Å². The highest BCUT2D eigenvalue weighted by atomic mass is 16.6.